The quantitative estimate of drug-likeness (QED) is 0.836. The summed E-state index contributed by atoms with van der Waals surface area (Å²) < 4.78 is 14.2. The molecule has 0 fully saturated rings. The van der Waals surface area contributed by atoms with Gasteiger partial charge < -0.3 is 5.11 Å². The monoisotopic (exact) mass is 303 g/mol. The zero-order valence-electron chi connectivity index (χ0n) is 9.26. The van der Waals surface area contributed by atoms with Gasteiger partial charge in [0, 0.05) is 0 Å². The summed E-state index contributed by atoms with van der Waals surface area (Å²) in [5.74, 6) is -1.91. The van der Waals surface area contributed by atoms with Crippen LogP contribution in [-0.2, 0) is 4.79 Å². The first-order valence-corrected chi connectivity index (χ1v) is 6.33. The van der Waals surface area contributed by atoms with Gasteiger partial charge in [0.05, 0.1) is 16.5 Å². The summed E-state index contributed by atoms with van der Waals surface area (Å²) in [5, 5.41) is 14.7. The Morgan fingerprint density at radius 3 is 3.00 bits per heavy atom. The topological polar surface area (TPSA) is 88.0 Å². The Hall–Kier alpha value is -1.80. The van der Waals surface area contributed by atoms with Gasteiger partial charge in [-0.25, -0.2) is 18.9 Å². The highest BCUT2D eigenvalue weighted by molar-refractivity contribution is 7.99. The molecule has 0 aliphatic rings. The molecule has 0 saturated carbocycles. The van der Waals surface area contributed by atoms with Crippen LogP contribution >= 0.6 is 23.4 Å². The van der Waals surface area contributed by atoms with E-state index in [4.69, 9.17) is 16.7 Å². The first-order valence-electron chi connectivity index (χ1n) is 4.96. The Morgan fingerprint density at radius 2 is 2.32 bits per heavy atom. The number of H-pyrrole nitrogens is 1. The standard InChI is InChI=1S/C10H7ClFN3O3S/c11-6-2-1-5(12)3-7(6)15-9(18)13-14-10(15)19-4-8(16)17/h1-3H,4H2,(H,13,18)(H,16,17). The lowest BCUT2D eigenvalue weighted by Gasteiger charge is -2.06. The van der Waals surface area contributed by atoms with Crippen LogP contribution < -0.4 is 5.69 Å². The van der Waals surface area contributed by atoms with Crippen molar-refractivity contribution in [2.75, 3.05) is 5.75 Å². The number of halogens is 2. The zero-order valence-corrected chi connectivity index (χ0v) is 10.8. The van der Waals surface area contributed by atoms with Gasteiger partial charge in [0.1, 0.15) is 5.82 Å². The maximum absolute atomic E-state index is 13.2. The molecule has 100 valence electrons. The fraction of sp³-hybridized carbons (Fsp3) is 0.100. The predicted molar refractivity (Wildman–Crippen MR) is 67.5 cm³/mol. The second-order valence-electron chi connectivity index (χ2n) is 3.42. The maximum atomic E-state index is 13.2. The van der Waals surface area contributed by atoms with Gasteiger partial charge in [-0.2, -0.15) is 0 Å². The van der Waals surface area contributed by atoms with Crippen molar-refractivity contribution in [2.45, 2.75) is 5.16 Å². The van der Waals surface area contributed by atoms with E-state index in [1.807, 2.05) is 0 Å². The van der Waals surface area contributed by atoms with Crippen molar-refractivity contribution in [1.29, 1.82) is 0 Å². The minimum absolute atomic E-state index is 0.0971. The third-order valence-electron chi connectivity index (χ3n) is 2.12. The maximum Gasteiger partial charge on any atom is 0.348 e. The van der Waals surface area contributed by atoms with Gasteiger partial charge in [0.25, 0.3) is 0 Å². The Bertz CT molecular complexity index is 685. The number of aromatic nitrogens is 3. The van der Waals surface area contributed by atoms with Crippen molar-refractivity contribution >= 4 is 29.3 Å². The summed E-state index contributed by atoms with van der Waals surface area (Å²) in [6.07, 6.45) is 0. The summed E-state index contributed by atoms with van der Waals surface area (Å²) in [6.45, 7) is 0. The van der Waals surface area contributed by atoms with E-state index in [9.17, 15) is 14.0 Å². The molecule has 2 aromatic rings. The third kappa shape index (κ3) is 2.96. The number of rotatable bonds is 4. The molecule has 2 rings (SSSR count). The molecule has 1 heterocycles. The van der Waals surface area contributed by atoms with E-state index < -0.39 is 17.5 Å². The highest BCUT2D eigenvalue weighted by atomic mass is 35.5. The lowest BCUT2D eigenvalue weighted by molar-refractivity contribution is -0.133. The van der Waals surface area contributed by atoms with Gasteiger partial charge in [-0.1, -0.05) is 23.4 Å². The number of carboxylic acid groups (broad SMARTS) is 1. The van der Waals surface area contributed by atoms with Gasteiger partial charge in [-0.15, -0.1) is 5.10 Å². The number of hydrogen-bond acceptors (Lipinski definition) is 4. The average Bonchev–Trinajstić information content (AvgIpc) is 2.71. The molecule has 19 heavy (non-hydrogen) atoms. The fourth-order valence-corrected chi connectivity index (χ4v) is 2.25. The van der Waals surface area contributed by atoms with Gasteiger partial charge in [-0.3, -0.25) is 4.79 Å². The van der Waals surface area contributed by atoms with Crippen LogP contribution in [-0.4, -0.2) is 31.6 Å². The lowest BCUT2D eigenvalue weighted by Crippen LogP contribution is -2.16. The Kier molecular flexibility index (Phi) is 3.91. The van der Waals surface area contributed by atoms with E-state index in [1.165, 1.54) is 6.07 Å². The SMILES string of the molecule is O=C(O)CSc1n[nH]c(=O)n1-c1cc(F)ccc1Cl. The number of benzene rings is 1. The number of aromatic amines is 1. The van der Waals surface area contributed by atoms with E-state index in [0.717, 1.165) is 28.5 Å². The lowest BCUT2D eigenvalue weighted by atomic mass is 10.3. The molecule has 0 aliphatic carbocycles. The van der Waals surface area contributed by atoms with E-state index >= 15 is 0 Å². The largest absolute Gasteiger partial charge is 0.481 e. The third-order valence-corrected chi connectivity index (χ3v) is 3.36. The highest BCUT2D eigenvalue weighted by Gasteiger charge is 2.15. The molecule has 1 aromatic heterocycles. The minimum Gasteiger partial charge on any atom is -0.481 e. The van der Waals surface area contributed by atoms with Gasteiger partial charge in [0.15, 0.2) is 5.16 Å². The van der Waals surface area contributed by atoms with Gasteiger partial charge in [-0.05, 0) is 18.2 Å². The van der Waals surface area contributed by atoms with Crippen molar-refractivity contribution in [3.8, 4) is 5.69 Å². The number of thioether (sulfide) groups is 1. The average molecular weight is 304 g/mol. The van der Waals surface area contributed by atoms with Crippen LogP contribution in [0.15, 0.2) is 28.2 Å². The molecule has 1 aromatic carbocycles. The van der Waals surface area contributed by atoms with Crippen LogP contribution in [0.1, 0.15) is 0 Å². The minimum atomic E-state index is -1.06. The summed E-state index contributed by atoms with van der Waals surface area (Å²) in [6, 6.07) is 3.53. The molecule has 2 N–H and O–H groups in total. The first-order chi connectivity index (χ1) is 8.99. The van der Waals surface area contributed by atoms with Crippen molar-refractivity contribution in [3.05, 3.63) is 39.5 Å². The zero-order chi connectivity index (χ0) is 14.0. The molecule has 0 radical (unpaired) electrons. The van der Waals surface area contributed by atoms with Crippen LogP contribution in [0.3, 0.4) is 0 Å². The van der Waals surface area contributed by atoms with Gasteiger partial charge in [0.2, 0.25) is 0 Å². The summed E-state index contributed by atoms with van der Waals surface area (Å²) in [5.41, 5.74) is -0.520. The number of aliphatic carboxylic acids is 1. The summed E-state index contributed by atoms with van der Waals surface area (Å²) >= 11 is 6.73. The number of nitrogens with zero attached hydrogens (tertiary/aromatic N) is 2. The van der Waals surface area contributed by atoms with Crippen LogP contribution in [0, 0.1) is 5.82 Å². The molecular weight excluding hydrogens is 297 g/mol. The first kappa shape index (κ1) is 13.6. The van der Waals surface area contributed by atoms with E-state index in [2.05, 4.69) is 10.2 Å². The predicted octanol–water partition coefficient (Wildman–Crippen LogP) is 1.53. The van der Waals surface area contributed by atoms with E-state index in [-0.39, 0.29) is 21.6 Å². The van der Waals surface area contributed by atoms with Crippen LogP contribution in [0.5, 0.6) is 0 Å². The molecule has 0 amide bonds. The van der Waals surface area contributed by atoms with E-state index in [0.29, 0.717) is 0 Å². The molecule has 0 atom stereocenters. The van der Waals surface area contributed by atoms with Crippen molar-refractivity contribution in [3.63, 3.8) is 0 Å². The van der Waals surface area contributed by atoms with Crippen LogP contribution in [0.2, 0.25) is 5.02 Å². The molecular formula is C10H7ClFN3O3S. The fourth-order valence-electron chi connectivity index (χ4n) is 1.38. The normalized spacial score (nSPS) is 10.6. The van der Waals surface area contributed by atoms with Crippen molar-refractivity contribution in [1.82, 2.24) is 14.8 Å². The molecule has 0 spiro atoms. The number of carboxylic acids is 1. The Balaban J connectivity index is 2.49. The Labute approximate surface area is 115 Å². The second kappa shape index (κ2) is 5.45. The van der Waals surface area contributed by atoms with Crippen molar-refractivity contribution in [2.24, 2.45) is 0 Å². The highest BCUT2D eigenvalue weighted by Crippen LogP contribution is 2.24. The Morgan fingerprint density at radius 1 is 1.58 bits per heavy atom. The summed E-state index contributed by atoms with van der Waals surface area (Å²) in [4.78, 5) is 22.2. The molecule has 0 unspecified atom stereocenters. The van der Waals surface area contributed by atoms with E-state index in [1.54, 1.807) is 0 Å². The number of carbonyl (C=O) groups is 1. The second-order valence-corrected chi connectivity index (χ2v) is 4.77. The van der Waals surface area contributed by atoms with Gasteiger partial charge >= 0.3 is 11.7 Å². The van der Waals surface area contributed by atoms with Crippen LogP contribution in [0.4, 0.5) is 4.39 Å². The molecule has 0 saturated heterocycles. The van der Waals surface area contributed by atoms with Crippen molar-refractivity contribution < 1.29 is 14.3 Å². The molecule has 0 bridgehead atoms. The molecule has 9 heteroatoms. The molecule has 0 aliphatic heterocycles. The molecule has 6 nitrogen and oxygen atoms in total. The smallest absolute Gasteiger partial charge is 0.348 e. The van der Waals surface area contributed by atoms with Crippen LogP contribution in [0.25, 0.3) is 5.69 Å². The summed E-state index contributed by atoms with van der Waals surface area (Å²) in [7, 11) is 0. The number of nitrogens with one attached hydrogen (secondary N) is 1. The number of hydrogen-bond donors (Lipinski definition) is 2.